The van der Waals surface area contributed by atoms with Crippen molar-refractivity contribution in [2.75, 3.05) is 13.7 Å². The smallest absolute Gasteiger partial charge is 0.228 e. The second-order valence-corrected chi connectivity index (χ2v) is 5.62. The zero-order valence-corrected chi connectivity index (χ0v) is 14.2. The molecular weight excluding hydrogens is 337 g/mol. The quantitative estimate of drug-likeness (QED) is 0.705. The van der Waals surface area contributed by atoms with Crippen molar-refractivity contribution in [1.82, 2.24) is 15.5 Å². The fraction of sp³-hybridized carbons (Fsp3) is 0.211. The molecule has 0 unspecified atom stereocenters. The van der Waals surface area contributed by atoms with Gasteiger partial charge in [0.05, 0.1) is 19.1 Å². The lowest BCUT2D eigenvalue weighted by molar-refractivity contribution is -0.120. The molecule has 0 aliphatic heterocycles. The van der Waals surface area contributed by atoms with Gasteiger partial charge < -0.3 is 14.6 Å². The van der Waals surface area contributed by atoms with E-state index in [1.165, 1.54) is 6.07 Å². The molecule has 0 atom stereocenters. The van der Waals surface area contributed by atoms with Gasteiger partial charge in [0.15, 0.2) is 0 Å². The van der Waals surface area contributed by atoms with Crippen LogP contribution in [0.1, 0.15) is 11.5 Å². The van der Waals surface area contributed by atoms with E-state index in [1.54, 1.807) is 25.3 Å². The molecule has 0 aliphatic rings. The van der Waals surface area contributed by atoms with Crippen LogP contribution in [0.25, 0.3) is 11.4 Å². The molecule has 26 heavy (non-hydrogen) atoms. The first kappa shape index (κ1) is 17.6. The molecule has 1 N–H and O–H groups in total. The summed E-state index contributed by atoms with van der Waals surface area (Å²) in [5.74, 6) is 0.767. The predicted octanol–water partition coefficient (Wildman–Crippen LogP) is 2.79. The van der Waals surface area contributed by atoms with Gasteiger partial charge in [0.25, 0.3) is 0 Å². The molecule has 3 aromatic rings. The van der Waals surface area contributed by atoms with Crippen molar-refractivity contribution in [1.29, 1.82) is 0 Å². The summed E-state index contributed by atoms with van der Waals surface area (Å²) in [7, 11) is 1.59. The van der Waals surface area contributed by atoms with Crippen molar-refractivity contribution in [3.8, 4) is 17.1 Å². The lowest BCUT2D eigenvalue weighted by Gasteiger charge is -2.05. The van der Waals surface area contributed by atoms with E-state index >= 15 is 0 Å². The van der Waals surface area contributed by atoms with Crippen LogP contribution in [0.5, 0.6) is 5.75 Å². The minimum atomic E-state index is -0.410. The molecule has 1 heterocycles. The van der Waals surface area contributed by atoms with E-state index in [-0.39, 0.29) is 23.7 Å². The molecule has 6 nitrogen and oxygen atoms in total. The van der Waals surface area contributed by atoms with Crippen LogP contribution in [0.15, 0.2) is 53.1 Å². The van der Waals surface area contributed by atoms with Gasteiger partial charge in [0, 0.05) is 13.0 Å². The van der Waals surface area contributed by atoms with Crippen LogP contribution in [0.3, 0.4) is 0 Å². The standard InChI is InChI=1S/C19H18FN3O3/c1-25-14-8-6-13(7-9-14)12-17(24)21-11-10-18-22-19(23-26-18)15-4-2-3-5-16(15)20/h2-9H,10-12H2,1H3,(H,21,24). The van der Waals surface area contributed by atoms with Gasteiger partial charge in [-0.3, -0.25) is 4.79 Å². The van der Waals surface area contributed by atoms with Crippen LogP contribution in [0, 0.1) is 5.82 Å². The van der Waals surface area contributed by atoms with Crippen LogP contribution in [0.4, 0.5) is 4.39 Å². The van der Waals surface area contributed by atoms with Gasteiger partial charge in [-0.2, -0.15) is 4.98 Å². The SMILES string of the molecule is COc1ccc(CC(=O)NCCc2nc(-c3ccccc3F)no2)cc1. The zero-order valence-electron chi connectivity index (χ0n) is 14.2. The first-order valence-corrected chi connectivity index (χ1v) is 8.13. The number of nitrogens with one attached hydrogen (secondary N) is 1. The highest BCUT2D eigenvalue weighted by Gasteiger charge is 2.12. The predicted molar refractivity (Wildman–Crippen MR) is 93.1 cm³/mol. The van der Waals surface area contributed by atoms with Crippen LogP contribution in [-0.2, 0) is 17.6 Å². The van der Waals surface area contributed by atoms with E-state index in [4.69, 9.17) is 9.26 Å². The summed E-state index contributed by atoms with van der Waals surface area (Å²) in [5, 5.41) is 6.58. The highest BCUT2D eigenvalue weighted by molar-refractivity contribution is 5.78. The molecule has 134 valence electrons. The number of methoxy groups -OCH3 is 1. The number of aromatic nitrogens is 2. The number of benzene rings is 2. The minimum Gasteiger partial charge on any atom is -0.497 e. The molecule has 0 saturated heterocycles. The summed E-state index contributed by atoms with van der Waals surface area (Å²) in [4.78, 5) is 16.1. The summed E-state index contributed by atoms with van der Waals surface area (Å²) in [6.45, 7) is 0.355. The Balaban J connectivity index is 1.49. The third-order valence-corrected chi connectivity index (χ3v) is 3.77. The highest BCUT2D eigenvalue weighted by Crippen LogP contribution is 2.19. The van der Waals surface area contributed by atoms with Crippen molar-refractivity contribution in [3.05, 3.63) is 65.8 Å². The summed E-state index contributed by atoms with van der Waals surface area (Å²) in [6, 6.07) is 13.5. The second-order valence-electron chi connectivity index (χ2n) is 5.62. The van der Waals surface area contributed by atoms with Crippen molar-refractivity contribution in [3.63, 3.8) is 0 Å². The topological polar surface area (TPSA) is 77.2 Å². The molecule has 7 heteroatoms. The fourth-order valence-electron chi connectivity index (χ4n) is 2.41. The Kier molecular flexibility index (Phi) is 5.58. The third kappa shape index (κ3) is 4.44. The number of hydrogen-bond donors (Lipinski definition) is 1. The second kappa shape index (κ2) is 8.24. The summed E-state index contributed by atoms with van der Waals surface area (Å²) >= 11 is 0. The van der Waals surface area contributed by atoms with Gasteiger partial charge in [-0.25, -0.2) is 4.39 Å². The van der Waals surface area contributed by atoms with Gasteiger partial charge >= 0.3 is 0 Å². The molecule has 0 fully saturated rings. The summed E-state index contributed by atoms with van der Waals surface area (Å²) < 4.78 is 23.9. The van der Waals surface area contributed by atoms with Crippen molar-refractivity contribution < 1.29 is 18.4 Å². The van der Waals surface area contributed by atoms with Crippen LogP contribution in [-0.4, -0.2) is 29.7 Å². The molecular formula is C19H18FN3O3. The number of carbonyl (C=O) groups excluding carboxylic acids is 1. The Morgan fingerprint density at radius 2 is 1.96 bits per heavy atom. The highest BCUT2D eigenvalue weighted by atomic mass is 19.1. The normalized spacial score (nSPS) is 10.5. The molecule has 0 bridgehead atoms. The van der Waals surface area contributed by atoms with Crippen molar-refractivity contribution >= 4 is 5.91 Å². The summed E-state index contributed by atoms with van der Waals surface area (Å²) in [6.07, 6.45) is 0.643. The molecule has 0 saturated carbocycles. The Morgan fingerprint density at radius 1 is 1.19 bits per heavy atom. The molecule has 1 amide bonds. The number of nitrogens with zero attached hydrogens (tertiary/aromatic N) is 2. The Bertz CT molecular complexity index is 878. The largest absolute Gasteiger partial charge is 0.497 e. The van der Waals surface area contributed by atoms with Gasteiger partial charge in [-0.05, 0) is 29.8 Å². The van der Waals surface area contributed by atoms with E-state index < -0.39 is 5.82 Å². The maximum atomic E-state index is 13.7. The van der Waals surface area contributed by atoms with Gasteiger partial charge in [-0.1, -0.05) is 29.4 Å². The number of hydrogen-bond acceptors (Lipinski definition) is 5. The lowest BCUT2D eigenvalue weighted by atomic mass is 10.1. The zero-order chi connectivity index (χ0) is 18.4. The molecule has 1 aromatic heterocycles. The summed E-state index contributed by atoms with van der Waals surface area (Å²) in [5.41, 5.74) is 1.17. The maximum absolute atomic E-state index is 13.7. The van der Waals surface area contributed by atoms with Crippen LogP contribution >= 0.6 is 0 Å². The van der Waals surface area contributed by atoms with E-state index in [0.717, 1.165) is 11.3 Å². The Hall–Kier alpha value is -3.22. The molecule has 2 aromatic carbocycles. The number of carbonyl (C=O) groups is 1. The average Bonchev–Trinajstić information content (AvgIpc) is 3.11. The monoisotopic (exact) mass is 355 g/mol. The van der Waals surface area contributed by atoms with E-state index in [2.05, 4.69) is 15.5 Å². The maximum Gasteiger partial charge on any atom is 0.228 e. The number of amides is 1. The number of halogens is 1. The Morgan fingerprint density at radius 3 is 2.69 bits per heavy atom. The number of ether oxygens (including phenoxy) is 1. The van der Waals surface area contributed by atoms with Gasteiger partial charge in [0.2, 0.25) is 17.6 Å². The van der Waals surface area contributed by atoms with E-state index in [0.29, 0.717) is 18.9 Å². The van der Waals surface area contributed by atoms with Crippen LogP contribution < -0.4 is 10.1 Å². The van der Waals surface area contributed by atoms with Gasteiger partial charge in [-0.15, -0.1) is 0 Å². The van der Waals surface area contributed by atoms with E-state index in [9.17, 15) is 9.18 Å². The first-order chi connectivity index (χ1) is 12.7. The molecule has 3 rings (SSSR count). The molecule has 0 spiro atoms. The first-order valence-electron chi connectivity index (χ1n) is 8.13. The fourth-order valence-corrected chi connectivity index (χ4v) is 2.41. The van der Waals surface area contributed by atoms with Crippen molar-refractivity contribution in [2.24, 2.45) is 0 Å². The van der Waals surface area contributed by atoms with Crippen LogP contribution in [0.2, 0.25) is 0 Å². The third-order valence-electron chi connectivity index (χ3n) is 3.77. The van der Waals surface area contributed by atoms with Gasteiger partial charge in [0.1, 0.15) is 11.6 Å². The van der Waals surface area contributed by atoms with E-state index in [1.807, 2.05) is 24.3 Å². The Labute approximate surface area is 150 Å². The van der Waals surface area contributed by atoms with Crippen molar-refractivity contribution in [2.45, 2.75) is 12.8 Å². The molecule has 0 radical (unpaired) electrons. The lowest BCUT2D eigenvalue weighted by Crippen LogP contribution is -2.27. The number of rotatable bonds is 7. The minimum absolute atomic E-state index is 0.107. The molecule has 0 aliphatic carbocycles. The average molecular weight is 355 g/mol.